The minimum absolute atomic E-state index is 0. The van der Waals surface area contributed by atoms with Gasteiger partial charge in [0.25, 0.3) is 0 Å². The van der Waals surface area contributed by atoms with Gasteiger partial charge in [-0.15, -0.1) is 24.0 Å². The molecule has 0 atom stereocenters. The number of hydrogen-bond acceptors (Lipinski definition) is 3. The molecule has 0 radical (unpaired) electrons. The fourth-order valence-electron chi connectivity index (χ4n) is 2.28. The molecule has 27 heavy (non-hydrogen) atoms. The number of ether oxygens (including phenoxy) is 2. The van der Waals surface area contributed by atoms with Crippen molar-refractivity contribution in [1.82, 2.24) is 10.6 Å². The molecule has 0 bridgehead atoms. The molecule has 2 rings (SSSR count). The lowest BCUT2D eigenvalue weighted by Crippen LogP contribution is -2.36. The zero-order valence-corrected chi connectivity index (χ0v) is 18.8. The second-order valence-corrected chi connectivity index (χ2v) is 6.10. The molecule has 0 aliphatic rings. The summed E-state index contributed by atoms with van der Waals surface area (Å²) < 4.78 is 10.5. The Morgan fingerprint density at radius 3 is 2.48 bits per heavy atom. The fourth-order valence-corrected chi connectivity index (χ4v) is 2.49. The summed E-state index contributed by atoms with van der Waals surface area (Å²) in [7, 11) is 1.66. The average molecular weight is 504 g/mol. The normalized spacial score (nSPS) is 10.9. The highest BCUT2D eigenvalue weighted by molar-refractivity contribution is 14.0. The molecule has 7 heteroatoms. The molecule has 0 aliphatic carbocycles. The van der Waals surface area contributed by atoms with E-state index in [1.165, 1.54) is 0 Å². The lowest BCUT2D eigenvalue weighted by atomic mass is 10.2. The quantitative estimate of drug-likeness (QED) is 0.233. The van der Waals surface area contributed by atoms with Gasteiger partial charge < -0.3 is 20.1 Å². The predicted molar refractivity (Wildman–Crippen MR) is 122 cm³/mol. The Balaban J connectivity index is 0.00000364. The summed E-state index contributed by atoms with van der Waals surface area (Å²) in [5.74, 6) is 1.61. The van der Waals surface area contributed by atoms with E-state index in [0.717, 1.165) is 34.4 Å². The van der Waals surface area contributed by atoms with Crippen LogP contribution < -0.4 is 15.4 Å². The molecule has 0 fully saturated rings. The maximum absolute atomic E-state index is 6.02. The number of halogens is 2. The molecule has 0 heterocycles. The molecule has 0 saturated carbocycles. The second kappa shape index (κ2) is 13.6. The predicted octanol–water partition coefficient (Wildman–Crippen LogP) is 4.24. The minimum Gasteiger partial charge on any atom is -0.491 e. The highest BCUT2D eigenvalue weighted by Crippen LogP contribution is 2.13. The molecule has 0 unspecified atom stereocenters. The summed E-state index contributed by atoms with van der Waals surface area (Å²) in [6.45, 7) is 5.23. The van der Waals surface area contributed by atoms with E-state index in [1.54, 1.807) is 7.11 Å². The number of hydrogen-bond donors (Lipinski definition) is 2. The van der Waals surface area contributed by atoms with Gasteiger partial charge in [-0.25, -0.2) is 4.99 Å². The van der Waals surface area contributed by atoms with Gasteiger partial charge in [-0.05, 0) is 42.3 Å². The maximum atomic E-state index is 6.02. The highest BCUT2D eigenvalue weighted by atomic mass is 127. The number of methoxy groups -OCH3 is 1. The lowest BCUT2D eigenvalue weighted by molar-refractivity contribution is 0.146. The summed E-state index contributed by atoms with van der Waals surface area (Å²) in [5, 5.41) is 7.31. The van der Waals surface area contributed by atoms with E-state index in [1.807, 2.05) is 55.5 Å². The molecule has 0 spiro atoms. The van der Waals surface area contributed by atoms with Gasteiger partial charge in [0.2, 0.25) is 0 Å². The van der Waals surface area contributed by atoms with E-state index in [0.29, 0.717) is 26.3 Å². The largest absolute Gasteiger partial charge is 0.491 e. The van der Waals surface area contributed by atoms with Crippen molar-refractivity contribution in [3.63, 3.8) is 0 Å². The van der Waals surface area contributed by atoms with Crippen molar-refractivity contribution in [1.29, 1.82) is 0 Å². The number of rotatable bonds is 9. The van der Waals surface area contributed by atoms with Crippen molar-refractivity contribution < 1.29 is 9.47 Å². The standard InChI is InChI=1S/C20H26ClN3O2.HI/c1-3-22-20(24-15-17-5-4-6-18(21)13-17)23-14-16-7-9-19(10-8-16)26-12-11-25-2;/h4-10,13H,3,11-12,14-15H2,1-2H3,(H2,22,23,24);1H. The Morgan fingerprint density at radius 2 is 1.81 bits per heavy atom. The van der Waals surface area contributed by atoms with Crippen LogP contribution in [0.3, 0.4) is 0 Å². The topological polar surface area (TPSA) is 54.9 Å². The van der Waals surface area contributed by atoms with Crippen LogP contribution in [0.15, 0.2) is 53.5 Å². The number of nitrogens with one attached hydrogen (secondary N) is 2. The second-order valence-electron chi connectivity index (χ2n) is 5.66. The zero-order valence-electron chi connectivity index (χ0n) is 15.7. The van der Waals surface area contributed by atoms with Crippen LogP contribution in [0.2, 0.25) is 5.02 Å². The van der Waals surface area contributed by atoms with Gasteiger partial charge in [0.15, 0.2) is 5.96 Å². The fraction of sp³-hybridized carbons (Fsp3) is 0.350. The number of nitrogens with zero attached hydrogens (tertiary/aromatic N) is 1. The SMILES string of the molecule is CCNC(=NCc1cccc(Cl)c1)NCc1ccc(OCCOC)cc1.I. The molecule has 2 aromatic carbocycles. The first kappa shape index (κ1) is 23.5. The van der Waals surface area contributed by atoms with Crippen LogP contribution >= 0.6 is 35.6 Å². The number of guanidine groups is 1. The van der Waals surface area contributed by atoms with Crippen molar-refractivity contribution >= 4 is 41.5 Å². The first-order valence-corrected chi connectivity index (χ1v) is 9.06. The first-order chi connectivity index (χ1) is 12.7. The van der Waals surface area contributed by atoms with Crippen LogP contribution in [0, 0.1) is 0 Å². The van der Waals surface area contributed by atoms with Crippen molar-refractivity contribution in [2.45, 2.75) is 20.0 Å². The van der Waals surface area contributed by atoms with Gasteiger partial charge in [-0.1, -0.05) is 35.9 Å². The minimum atomic E-state index is 0. The van der Waals surface area contributed by atoms with Crippen LogP contribution in [-0.2, 0) is 17.8 Å². The molecule has 5 nitrogen and oxygen atoms in total. The first-order valence-electron chi connectivity index (χ1n) is 8.68. The van der Waals surface area contributed by atoms with Gasteiger partial charge in [0, 0.05) is 25.2 Å². The molecule has 0 aromatic heterocycles. The van der Waals surface area contributed by atoms with Crippen molar-refractivity contribution in [3.05, 3.63) is 64.7 Å². The summed E-state index contributed by atoms with van der Waals surface area (Å²) in [6, 6.07) is 15.7. The van der Waals surface area contributed by atoms with E-state index >= 15 is 0 Å². The molecule has 148 valence electrons. The Hall–Kier alpha value is -1.51. The van der Waals surface area contributed by atoms with Gasteiger partial charge in [0.1, 0.15) is 12.4 Å². The lowest BCUT2D eigenvalue weighted by Gasteiger charge is -2.12. The molecule has 0 aliphatic heterocycles. The van der Waals surface area contributed by atoms with E-state index in [9.17, 15) is 0 Å². The highest BCUT2D eigenvalue weighted by Gasteiger charge is 2.00. The van der Waals surface area contributed by atoms with Gasteiger partial charge in [0.05, 0.1) is 13.2 Å². The van der Waals surface area contributed by atoms with Crippen LogP contribution in [0.25, 0.3) is 0 Å². The summed E-state index contributed by atoms with van der Waals surface area (Å²) in [5.41, 5.74) is 2.23. The Kier molecular flexibility index (Phi) is 11.9. The van der Waals surface area contributed by atoms with Crippen LogP contribution in [-0.4, -0.2) is 32.8 Å². The number of aliphatic imine (C=N–C) groups is 1. The average Bonchev–Trinajstić information content (AvgIpc) is 2.65. The molecular formula is C20H27ClIN3O2. The zero-order chi connectivity index (χ0) is 18.6. The van der Waals surface area contributed by atoms with Crippen LogP contribution in [0.5, 0.6) is 5.75 Å². The monoisotopic (exact) mass is 503 g/mol. The Labute approximate surface area is 183 Å². The van der Waals surface area contributed by atoms with Gasteiger partial charge in [-0.3, -0.25) is 0 Å². The maximum Gasteiger partial charge on any atom is 0.191 e. The summed E-state index contributed by atoms with van der Waals surface area (Å²) in [4.78, 5) is 4.60. The van der Waals surface area contributed by atoms with Crippen molar-refractivity contribution in [3.8, 4) is 5.75 Å². The van der Waals surface area contributed by atoms with Crippen molar-refractivity contribution in [2.75, 3.05) is 26.9 Å². The molecule has 2 aromatic rings. The van der Waals surface area contributed by atoms with Gasteiger partial charge in [-0.2, -0.15) is 0 Å². The van der Waals surface area contributed by atoms with E-state index in [-0.39, 0.29) is 24.0 Å². The third-order valence-electron chi connectivity index (χ3n) is 3.59. The summed E-state index contributed by atoms with van der Waals surface area (Å²) >= 11 is 6.02. The van der Waals surface area contributed by atoms with Crippen LogP contribution in [0.1, 0.15) is 18.1 Å². The molecular weight excluding hydrogens is 477 g/mol. The van der Waals surface area contributed by atoms with Crippen LogP contribution in [0.4, 0.5) is 0 Å². The Bertz CT molecular complexity index is 696. The summed E-state index contributed by atoms with van der Waals surface area (Å²) in [6.07, 6.45) is 0. The van der Waals surface area contributed by atoms with E-state index in [4.69, 9.17) is 21.1 Å². The molecule has 0 amide bonds. The molecule has 2 N–H and O–H groups in total. The Morgan fingerprint density at radius 1 is 1.04 bits per heavy atom. The van der Waals surface area contributed by atoms with Gasteiger partial charge >= 0.3 is 0 Å². The number of benzene rings is 2. The third kappa shape index (κ3) is 9.30. The smallest absolute Gasteiger partial charge is 0.191 e. The molecule has 0 saturated heterocycles. The van der Waals surface area contributed by atoms with E-state index in [2.05, 4.69) is 15.6 Å². The third-order valence-corrected chi connectivity index (χ3v) is 3.83. The van der Waals surface area contributed by atoms with E-state index < -0.39 is 0 Å². The van der Waals surface area contributed by atoms with Crippen molar-refractivity contribution in [2.24, 2.45) is 4.99 Å².